The van der Waals surface area contributed by atoms with Crippen LogP contribution in [-0.2, 0) is 4.79 Å². The van der Waals surface area contributed by atoms with Crippen molar-refractivity contribution in [3.63, 3.8) is 0 Å². The predicted octanol–water partition coefficient (Wildman–Crippen LogP) is 2.39. The minimum absolute atomic E-state index is 0.0424. The van der Waals surface area contributed by atoms with Gasteiger partial charge in [0, 0.05) is 0 Å². The van der Waals surface area contributed by atoms with Crippen LogP contribution >= 0.6 is 0 Å². The van der Waals surface area contributed by atoms with Gasteiger partial charge in [0.15, 0.2) is 0 Å². The second-order valence-electron chi connectivity index (χ2n) is 3.60. The minimum atomic E-state index is -1.09. The smallest absolute Gasteiger partial charge is 0.332 e. The molecule has 1 rings (SSSR count). The topological polar surface area (TPSA) is 70.3 Å². The SMILES string of the molecule is COc1ccc(C(C#N)=C(C)C(=O)O)c(C)c1. The van der Waals surface area contributed by atoms with Gasteiger partial charge < -0.3 is 9.84 Å². The van der Waals surface area contributed by atoms with Crippen molar-refractivity contribution in [2.75, 3.05) is 7.11 Å². The Kier molecular flexibility index (Phi) is 3.89. The number of carboxylic acids is 1. The largest absolute Gasteiger partial charge is 0.497 e. The van der Waals surface area contributed by atoms with Gasteiger partial charge in [-0.3, -0.25) is 0 Å². The number of benzene rings is 1. The summed E-state index contributed by atoms with van der Waals surface area (Å²) < 4.78 is 5.06. The quantitative estimate of drug-likeness (QED) is 0.640. The molecule has 0 heterocycles. The molecule has 0 spiro atoms. The van der Waals surface area contributed by atoms with E-state index in [-0.39, 0.29) is 11.1 Å². The van der Waals surface area contributed by atoms with Crippen LogP contribution in [0.15, 0.2) is 23.8 Å². The van der Waals surface area contributed by atoms with E-state index < -0.39 is 5.97 Å². The lowest BCUT2D eigenvalue weighted by molar-refractivity contribution is -0.132. The van der Waals surface area contributed by atoms with E-state index in [1.807, 2.05) is 13.0 Å². The lowest BCUT2D eigenvalue weighted by Crippen LogP contribution is -2.01. The zero-order valence-electron chi connectivity index (χ0n) is 9.94. The Balaban J connectivity index is 3.38. The van der Waals surface area contributed by atoms with Crippen molar-refractivity contribution in [3.8, 4) is 11.8 Å². The van der Waals surface area contributed by atoms with Crippen LogP contribution in [0.5, 0.6) is 5.75 Å². The summed E-state index contributed by atoms with van der Waals surface area (Å²) in [5, 5.41) is 18.0. The van der Waals surface area contributed by atoms with Crippen molar-refractivity contribution in [2.45, 2.75) is 13.8 Å². The average molecular weight is 231 g/mol. The molecule has 4 nitrogen and oxygen atoms in total. The van der Waals surface area contributed by atoms with Crippen molar-refractivity contribution in [1.82, 2.24) is 0 Å². The molecule has 88 valence electrons. The van der Waals surface area contributed by atoms with E-state index in [0.29, 0.717) is 11.3 Å². The molecule has 1 N–H and O–H groups in total. The van der Waals surface area contributed by atoms with Crippen molar-refractivity contribution in [3.05, 3.63) is 34.9 Å². The van der Waals surface area contributed by atoms with E-state index in [0.717, 1.165) is 5.56 Å². The maximum absolute atomic E-state index is 10.9. The predicted molar refractivity (Wildman–Crippen MR) is 63.6 cm³/mol. The summed E-state index contributed by atoms with van der Waals surface area (Å²) in [6, 6.07) is 7.10. The first kappa shape index (κ1) is 12.8. The van der Waals surface area contributed by atoms with Gasteiger partial charge in [0.1, 0.15) is 11.8 Å². The maximum Gasteiger partial charge on any atom is 0.332 e. The van der Waals surface area contributed by atoms with Crippen LogP contribution in [0.3, 0.4) is 0 Å². The van der Waals surface area contributed by atoms with Gasteiger partial charge >= 0.3 is 5.97 Å². The molecule has 0 amide bonds. The summed E-state index contributed by atoms with van der Waals surface area (Å²) in [6.45, 7) is 3.23. The fourth-order valence-electron chi connectivity index (χ4n) is 1.50. The third kappa shape index (κ3) is 2.64. The molecular formula is C13H13NO3. The number of hydrogen-bond acceptors (Lipinski definition) is 3. The van der Waals surface area contributed by atoms with Crippen molar-refractivity contribution >= 4 is 11.5 Å². The number of nitriles is 1. The Bertz CT molecular complexity index is 524. The van der Waals surface area contributed by atoms with Gasteiger partial charge in [0.2, 0.25) is 0 Å². The number of allylic oxidation sites excluding steroid dienone is 1. The van der Waals surface area contributed by atoms with E-state index in [2.05, 4.69) is 0 Å². The summed E-state index contributed by atoms with van der Waals surface area (Å²) in [5.41, 5.74) is 1.65. The fraction of sp³-hybridized carbons (Fsp3) is 0.231. The highest BCUT2D eigenvalue weighted by Gasteiger charge is 2.13. The molecule has 0 aliphatic carbocycles. The Morgan fingerprint density at radius 1 is 1.47 bits per heavy atom. The Hall–Kier alpha value is -2.28. The van der Waals surface area contributed by atoms with Gasteiger partial charge in [-0.05, 0) is 43.2 Å². The number of carbonyl (C=O) groups is 1. The van der Waals surface area contributed by atoms with Crippen LogP contribution in [0.4, 0.5) is 0 Å². The number of nitrogens with zero attached hydrogens (tertiary/aromatic N) is 1. The van der Waals surface area contributed by atoms with Gasteiger partial charge in [0.05, 0.1) is 18.3 Å². The van der Waals surface area contributed by atoms with Crippen LogP contribution in [-0.4, -0.2) is 18.2 Å². The molecule has 4 heteroatoms. The Morgan fingerprint density at radius 3 is 2.53 bits per heavy atom. The molecular weight excluding hydrogens is 218 g/mol. The normalized spacial score (nSPS) is 11.4. The molecule has 0 aromatic heterocycles. The number of rotatable bonds is 3. The number of hydrogen-bond donors (Lipinski definition) is 1. The molecule has 0 saturated heterocycles. The maximum atomic E-state index is 10.9. The van der Waals surface area contributed by atoms with Gasteiger partial charge in [-0.25, -0.2) is 4.79 Å². The standard InChI is InChI=1S/C13H13NO3/c1-8-6-10(17-3)4-5-11(8)12(7-14)9(2)13(15)16/h4-6H,1-3H3,(H,15,16). The number of aliphatic carboxylic acids is 1. The molecule has 0 aliphatic rings. The summed E-state index contributed by atoms with van der Waals surface area (Å²) in [4.78, 5) is 10.9. The van der Waals surface area contributed by atoms with Crippen LogP contribution in [0.1, 0.15) is 18.1 Å². The van der Waals surface area contributed by atoms with Gasteiger partial charge in [-0.15, -0.1) is 0 Å². The molecule has 0 unspecified atom stereocenters. The molecule has 17 heavy (non-hydrogen) atoms. The fourth-order valence-corrected chi connectivity index (χ4v) is 1.50. The van der Waals surface area contributed by atoms with E-state index >= 15 is 0 Å². The Labute approximate surface area is 99.8 Å². The first-order chi connectivity index (χ1) is 8.01. The number of aryl methyl sites for hydroxylation is 1. The molecule has 0 aliphatic heterocycles. The van der Waals surface area contributed by atoms with Crippen molar-refractivity contribution in [1.29, 1.82) is 5.26 Å². The van der Waals surface area contributed by atoms with Crippen molar-refractivity contribution < 1.29 is 14.6 Å². The van der Waals surface area contributed by atoms with Gasteiger partial charge in [-0.1, -0.05) is 0 Å². The highest BCUT2D eigenvalue weighted by molar-refractivity contribution is 6.00. The second-order valence-corrected chi connectivity index (χ2v) is 3.60. The van der Waals surface area contributed by atoms with E-state index in [4.69, 9.17) is 15.1 Å². The summed E-state index contributed by atoms with van der Waals surface area (Å²) in [6.07, 6.45) is 0. The van der Waals surface area contributed by atoms with Gasteiger partial charge in [-0.2, -0.15) is 5.26 Å². The molecule has 0 radical (unpaired) electrons. The summed E-state index contributed by atoms with van der Waals surface area (Å²) in [7, 11) is 1.55. The minimum Gasteiger partial charge on any atom is -0.497 e. The molecule has 0 fully saturated rings. The van der Waals surface area contributed by atoms with Gasteiger partial charge in [0.25, 0.3) is 0 Å². The lowest BCUT2D eigenvalue weighted by Gasteiger charge is -2.08. The zero-order valence-corrected chi connectivity index (χ0v) is 9.94. The average Bonchev–Trinajstić information content (AvgIpc) is 2.31. The van der Waals surface area contributed by atoms with E-state index in [1.165, 1.54) is 6.92 Å². The summed E-state index contributed by atoms with van der Waals surface area (Å²) in [5.74, 6) is -0.409. The monoisotopic (exact) mass is 231 g/mol. The molecule has 0 atom stereocenters. The number of methoxy groups -OCH3 is 1. The molecule has 0 bridgehead atoms. The van der Waals surface area contributed by atoms with Crippen LogP contribution < -0.4 is 4.74 Å². The Morgan fingerprint density at radius 2 is 2.12 bits per heavy atom. The highest BCUT2D eigenvalue weighted by atomic mass is 16.5. The van der Waals surface area contributed by atoms with Crippen LogP contribution in [0.2, 0.25) is 0 Å². The first-order valence-electron chi connectivity index (χ1n) is 5.00. The molecule has 0 saturated carbocycles. The number of ether oxygens (including phenoxy) is 1. The molecule has 1 aromatic rings. The zero-order chi connectivity index (χ0) is 13.0. The third-order valence-corrected chi connectivity index (χ3v) is 2.51. The van der Waals surface area contributed by atoms with Crippen molar-refractivity contribution in [2.24, 2.45) is 0 Å². The van der Waals surface area contributed by atoms with Crippen LogP contribution in [0, 0.1) is 18.3 Å². The first-order valence-corrected chi connectivity index (χ1v) is 5.00. The lowest BCUT2D eigenvalue weighted by atomic mass is 9.97. The van der Waals surface area contributed by atoms with E-state index in [1.54, 1.807) is 25.3 Å². The summed E-state index contributed by atoms with van der Waals surface area (Å²) >= 11 is 0. The van der Waals surface area contributed by atoms with E-state index in [9.17, 15) is 4.79 Å². The van der Waals surface area contributed by atoms with Crippen LogP contribution in [0.25, 0.3) is 5.57 Å². The highest BCUT2D eigenvalue weighted by Crippen LogP contribution is 2.25. The molecule has 1 aromatic carbocycles. The third-order valence-electron chi connectivity index (χ3n) is 2.51. The number of carboxylic acid groups (broad SMARTS) is 1. The second kappa shape index (κ2) is 5.17.